The maximum atomic E-state index is 12.5. The molecule has 4 rings (SSSR count). The molecule has 3 heterocycles. The van der Waals surface area contributed by atoms with E-state index in [9.17, 15) is 4.79 Å². The number of carbonyl (C=O) groups is 1. The van der Waals surface area contributed by atoms with Gasteiger partial charge in [-0.2, -0.15) is 4.52 Å². The van der Waals surface area contributed by atoms with Crippen LogP contribution in [0, 0.1) is 5.92 Å². The number of hydrogen-bond acceptors (Lipinski definition) is 6. The molecule has 1 N–H and O–H groups in total. The lowest BCUT2D eigenvalue weighted by molar-refractivity contribution is -0.125. The normalized spacial score (nSPS) is 14.8. The van der Waals surface area contributed by atoms with Crippen molar-refractivity contribution >= 4 is 40.6 Å². The highest BCUT2D eigenvalue weighted by atomic mass is 35.5. The average molecular weight is 449 g/mol. The maximum Gasteiger partial charge on any atom is 0.223 e. The third-order valence-electron chi connectivity index (χ3n) is 5.11. The topological polar surface area (TPSA) is 84.6 Å². The predicted molar refractivity (Wildman–Crippen MR) is 115 cm³/mol. The van der Waals surface area contributed by atoms with E-state index >= 15 is 0 Å². The fraction of sp³-hybridized carbons (Fsp3) is 0.400. The van der Waals surface area contributed by atoms with Gasteiger partial charge in [0.25, 0.3) is 0 Å². The van der Waals surface area contributed by atoms with Gasteiger partial charge < -0.3 is 15.0 Å². The van der Waals surface area contributed by atoms with Gasteiger partial charge in [0.1, 0.15) is 17.9 Å². The molecule has 10 heteroatoms. The first-order valence-corrected chi connectivity index (χ1v) is 10.6. The molecule has 1 saturated heterocycles. The van der Waals surface area contributed by atoms with Gasteiger partial charge in [-0.3, -0.25) is 4.79 Å². The van der Waals surface area contributed by atoms with Crippen LogP contribution in [0.4, 0.5) is 5.82 Å². The standard InChI is InChI=1S/C20H22Cl2N6O2/c21-15-2-3-17(16(22)12-15)30-11-1-8-23-20(29)14-6-9-27(10-7-14)19-5-4-18-25-24-13-28(18)26-19/h2-5,12-14H,1,6-11H2,(H,23,29). The molecule has 0 atom stereocenters. The summed E-state index contributed by atoms with van der Waals surface area (Å²) in [6, 6.07) is 8.96. The van der Waals surface area contributed by atoms with Crippen molar-refractivity contribution in [2.24, 2.45) is 5.92 Å². The highest BCUT2D eigenvalue weighted by Crippen LogP contribution is 2.27. The van der Waals surface area contributed by atoms with Crippen molar-refractivity contribution < 1.29 is 9.53 Å². The van der Waals surface area contributed by atoms with Gasteiger partial charge >= 0.3 is 0 Å². The number of amides is 1. The van der Waals surface area contributed by atoms with Crippen molar-refractivity contribution in [3.05, 3.63) is 46.7 Å². The Kier molecular flexibility index (Phi) is 6.54. The Hall–Kier alpha value is -2.58. The third-order valence-corrected chi connectivity index (χ3v) is 5.64. The Morgan fingerprint density at radius 3 is 2.83 bits per heavy atom. The summed E-state index contributed by atoms with van der Waals surface area (Å²) in [4.78, 5) is 14.7. The van der Waals surface area contributed by atoms with Crippen LogP contribution in [0.1, 0.15) is 19.3 Å². The van der Waals surface area contributed by atoms with E-state index in [-0.39, 0.29) is 11.8 Å². The molecule has 1 fully saturated rings. The van der Waals surface area contributed by atoms with E-state index in [0.717, 1.165) is 37.4 Å². The molecule has 1 aromatic carbocycles. The van der Waals surface area contributed by atoms with Crippen LogP contribution < -0.4 is 15.0 Å². The molecular formula is C20H22Cl2N6O2. The molecule has 30 heavy (non-hydrogen) atoms. The summed E-state index contributed by atoms with van der Waals surface area (Å²) in [6.07, 6.45) is 3.88. The lowest BCUT2D eigenvalue weighted by Crippen LogP contribution is -2.41. The Bertz CT molecular complexity index is 1020. The number of halogens is 2. The number of ether oxygens (including phenoxy) is 1. The summed E-state index contributed by atoms with van der Waals surface area (Å²) in [7, 11) is 0. The Morgan fingerprint density at radius 2 is 2.03 bits per heavy atom. The minimum Gasteiger partial charge on any atom is -0.492 e. The zero-order valence-electron chi connectivity index (χ0n) is 16.3. The molecule has 0 radical (unpaired) electrons. The molecule has 1 aliphatic rings. The zero-order chi connectivity index (χ0) is 20.9. The summed E-state index contributed by atoms with van der Waals surface area (Å²) in [5.74, 6) is 1.59. The van der Waals surface area contributed by atoms with Crippen LogP contribution in [0.2, 0.25) is 10.0 Å². The summed E-state index contributed by atoms with van der Waals surface area (Å²) >= 11 is 11.9. The number of fused-ring (bicyclic) bond motifs is 1. The molecule has 0 bridgehead atoms. The molecule has 158 valence electrons. The zero-order valence-corrected chi connectivity index (χ0v) is 17.8. The average Bonchev–Trinajstić information content (AvgIpc) is 3.23. The number of carbonyl (C=O) groups excluding carboxylic acids is 1. The number of aromatic nitrogens is 4. The van der Waals surface area contributed by atoms with Crippen molar-refractivity contribution in [3.8, 4) is 5.75 Å². The fourth-order valence-corrected chi connectivity index (χ4v) is 3.92. The number of benzene rings is 1. The number of nitrogens with zero attached hydrogens (tertiary/aromatic N) is 5. The quantitative estimate of drug-likeness (QED) is 0.558. The minimum absolute atomic E-state index is 0.0199. The SMILES string of the molecule is O=C(NCCCOc1ccc(Cl)cc1Cl)C1CCN(c2ccc3nncn3n2)CC1. The van der Waals surface area contributed by atoms with Crippen molar-refractivity contribution in [2.75, 3.05) is 31.1 Å². The van der Waals surface area contributed by atoms with Crippen LogP contribution in [-0.2, 0) is 4.79 Å². The third kappa shape index (κ3) is 4.94. The Labute approximate surface area is 184 Å². The molecule has 2 aromatic heterocycles. The molecule has 0 aliphatic carbocycles. The first-order chi connectivity index (χ1) is 14.6. The van der Waals surface area contributed by atoms with E-state index in [2.05, 4.69) is 25.5 Å². The molecule has 0 spiro atoms. The number of rotatable bonds is 7. The Morgan fingerprint density at radius 1 is 1.20 bits per heavy atom. The number of hydrogen-bond donors (Lipinski definition) is 1. The van der Waals surface area contributed by atoms with Crippen LogP contribution in [0.25, 0.3) is 5.65 Å². The van der Waals surface area contributed by atoms with E-state index in [1.54, 1.807) is 29.0 Å². The summed E-state index contributed by atoms with van der Waals surface area (Å²) in [5.41, 5.74) is 0.718. The molecular weight excluding hydrogens is 427 g/mol. The first-order valence-electron chi connectivity index (χ1n) is 9.88. The van der Waals surface area contributed by atoms with Crippen LogP contribution in [0.3, 0.4) is 0 Å². The largest absolute Gasteiger partial charge is 0.492 e. The monoisotopic (exact) mass is 448 g/mol. The van der Waals surface area contributed by atoms with Gasteiger partial charge in [0, 0.05) is 30.6 Å². The maximum absolute atomic E-state index is 12.5. The predicted octanol–water partition coefficient (Wildman–Crippen LogP) is 3.23. The van der Waals surface area contributed by atoms with Gasteiger partial charge in [-0.15, -0.1) is 15.3 Å². The van der Waals surface area contributed by atoms with Gasteiger partial charge in [0.2, 0.25) is 5.91 Å². The number of piperidine rings is 1. The fourth-order valence-electron chi connectivity index (χ4n) is 3.46. The lowest BCUT2D eigenvalue weighted by Gasteiger charge is -2.32. The van der Waals surface area contributed by atoms with Crippen molar-refractivity contribution in [1.29, 1.82) is 0 Å². The second-order valence-electron chi connectivity index (χ2n) is 7.15. The highest BCUT2D eigenvalue weighted by Gasteiger charge is 2.25. The van der Waals surface area contributed by atoms with E-state index < -0.39 is 0 Å². The Balaban J connectivity index is 1.17. The number of anilines is 1. The molecule has 8 nitrogen and oxygen atoms in total. The second kappa shape index (κ2) is 9.49. The van der Waals surface area contributed by atoms with Gasteiger partial charge in [-0.05, 0) is 49.6 Å². The van der Waals surface area contributed by atoms with E-state index in [4.69, 9.17) is 27.9 Å². The first kappa shape index (κ1) is 20.7. The van der Waals surface area contributed by atoms with E-state index in [1.165, 1.54) is 0 Å². The van der Waals surface area contributed by atoms with Crippen LogP contribution in [0.15, 0.2) is 36.7 Å². The molecule has 1 amide bonds. The van der Waals surface area contributed by atoms with Crippen molar-refractivity contribution in [1.82, 2.24) is 25.1 Å². The van der Waals surface area contributed by atoms with Gasteiger partial charge in [0.15, 0.2) is 5.65 Å². The van der Waals surface area contributed by atoms with Crippen LogP contribution in [0.5, 0.6) is 5.75 Å². The minimum atomic E-state index is 0.0199. The molecule has 3 aromatic rings. The van der Waals surface area contributed by atoms with Gasteiger partial charge in [0.05, 0.1) is 11.6 Å². The van der Waals surface area contributed by atoms with Gasteiger partial charge in [-0.25, -0.2) is 0 Å². The summed E-state index contributed by atoms with van der Waals surface area (Å²) in [5, 5.41) is 16.4. The molecule has 1 aliphatic heterocycles. The highest BCUT2D eigenvalue weighted by molar-refractivity contribution is 6.35. The van der Waals surface area contributed by atoms with E-state index in [1.807, 2.05) is 12.1 Å². The van der Waals surface area contributed by atoms with Crippen molar-refractivity contribution in [2.45, 2.75) is 19.3 Å². The smallest absolute Gasteiger partial charge is 0.223 e. The lowest BCUT2D eigenvalue weighted by atomic mass is 9.96. The molecule has 0 saturated carbocycles. The second-order valence-corrected chi connectivity index (χ2v) is 8.00. The van der Waals surface area contributed by atoms with Crippen molar-refractivity contribution in [3.63, 3.8) is 0 Å². The van der Waals surface area contributed by atoms with Crippen LogP contribution in [-0.4, -0.2) is 52.0 Å². The van der Waals surface area contributed by atoms with E-state index in [0.29, 0.717) is 35.4 Å². The summed E-state index contributed by atoms with van der Waals surface area (Å²) < 4.78 is 7.30. The molecule has 0 unspecified atom stereocenters. The summed E-state index contributed by atoms with van der Waals surface area (Å²) in [6.45, 7) is 2.61. The van der Waals surface area contributed by atoms with Crippen LogP contribution >= 0.6 is 23.2 Å². The van der Waals surface area contributed by atoms with Gasteiger partial charge in [-0.1, -0.05) is 23.2 Å². The number of nitrogens with one attached hydrogen (secondary N) is 1.